The fraction of sp³-hybridized carbons (Fsp3) is 1.00. The van der Waals surface area contributed by atoms with E-state index < -0.39 is 8.98 Å². The highest BCUT2D eigenvalue weighted by Gasteiger charge is 2.29. The minimum absolute atomic E-state index is 0.0229. The molecular formula is C18H35Br2ClO10. The summed E-state index contributed by atoms with van der Waals surface area (Å²) in [6.07, 6.45) is 0. The molecule has 0 aliphatic carbocycles. The summed E-state index contributed by atoms with van der Waals surface area (Å²) in [4.78, 5) is 0. The Morgan fingerprint density at radius 1 is 0.581 bits per heavy atom. The lowest BCUT2D eigenvalue weighted by molar-refractivity contribution is -0.0275. The maximum Gasteiger partial charge on any atom is 0.231 e. The van der Waals surface area contributed by atoms with Gasteiger partial charge in [-0.15, -0.1) is 0 Å². The molecule has 0 spiro atoms. The largest absolute Gasteiger partial charge is 0.394 e. The van der Waals surface area contributed by atoms with Crippen LogP contribution >= 0.6 is 43.5 Å². The Morgan fingerprint density at radius 3 is 1.10 bits per heavy atom. The average Bonchev–Trinajstić information content (AvgIpc) is 2.73. The third kappa shape index (κ3) is 25.3. The lowest BCUT2D eigenvalue weighted by atomic mass is 10.6. The normalized spacial score (nSPS) is 14.6. The van der Waals surface area contributed by atoms with Gasteiger partial charge >= 0.3 is 0 Å². The molecule has 31 heavy (non-hydrogen) atoms. The fourth-order valence-corrected chi connectivity index (χ4v) is 2.18. The molecule has 0 aromatic heterocycles. The zero-order valence-corrected chi connectivity index (χ0v) is 21.6. The van der Waals surface area contributed by atoms with Crippen LogP contribution < -0.4 is 0 Å². The van der Waals surface area contributed by atoms with Gasteiger partial charge < -0.3 is 48.1 Å². The number of aliphatic hydroxyl groups excluding tert-OH is 1. The molecule has 0 rings (SSSR count). The summed E-state index contributed by atoms with van der Waals surface area (Å²) in [5.41, 5.74) is 0. The zero-order valence-electron chi connectivity index (χ0n) is 17.7. The van der Waals surface area contributed by atoms with E-state index in [1.54, 1.807) is 0 Å². The van der Waals surface area contributed by atoms with Gasteiger partial charge in [0.25, 0.3) is 0 Å². The predicted molar refractivity (Wildman–Crippen MR) is 121 cm³/mol. The number of hydrogen-bond acceptors (Lipinski definition) is 10. The van der Waals surface area contributed by atoms with Gasteiger partial charge in [0.05, 0.1) is 106 Å². The summed E-state index contributed by atoms with van der Waals surface area (Å²) in [5, 5.41) is 17.2. The first-order valence-electron chi connectivity index (χ1n) is 9.99. The third-order valence-corrected chi connectivity index (χ3v) is 5.65. The number of halogens is 3. The van der Waals surface area contributed by atoms with Gasteiger partial charge in [0.2, 0.25) is 3.97 Å². The zero-order chi connectivity index (χ0) is 23.0. The van der Waals surface area contributed by atoms with E-state index in [4.69, 9.17) is 54.6 Å². The van der Waals surface area contributed by atoms with E-state index in [1.807, 2.05) is 0 Å². The number of ether oxygens (including phenoxy) is 8. The molecule has 2 N–H and O–H groups in total. The monoisotopic (exact) mass is 604 g/mol. The quantitative estimate of drug-likeness (QED) is 0.116. The summed E-state index contributed by atoms with van der Waals surface area (Å²) in [6.45, 7) is 6.75. The van der Waals surface area contributed by atoms with Crippen molar-refractivity contribution in [3.63, 3.8) is 0 Å². The summed E-state index contributed by atoms with van der Waals surface area (Å²) >= 11 is 11.5. The standard InChI is InChI=1S/C18H35Br2ClO10/c19-17(18(20,21)23)31-16-15-30-14-13-29-12-11-28-10-9-27-8-7-26-6-5-25-4-3-24-2-1-22/h17,22-23H,1-16H2. The van der Waals surface area contributed by atoms with Crippen LogP contribution in [0, 0.1) is 0 Å². The van der Waals surface area contributed by atoms with Crippen molar-refractivity contribution in [2.75, 3.05) is 106 Å². The second kappa shape index (κ2) is 24.0. The molecule has 0 aliphatic heterocycles. The second-order valence-corrected chi connectivity index (χ2v) is 8.86. The summed E-state index contributed by atoms with van der Waals surface area (Å²) < 4.78 is 40.8. The molecule has 0 fully saturated rings. The molecule has 0 radical (unpaired) electrons. The molecule has 0 saturated carbocycles. The molecule has 0 aromatic rings. The lowest BCUT2D eigenvalue weighted by Gasteiger charge is -2.19. The van der Waals surface area contributed by atoms with Crippen LogP contribution in [0.4, 0.5) is 0 Å². The van der Waals surface area contributed by atoms with Crippen molar-refractivity contribution in [2.24, 2.45) is 0 Å². The smallest absolute Gasteiger partial charge is 0.231 e. The number of aliphatic hydroxyl groups is 2. The van der Waals surface area contributed by atoms with Crippen molar-refractivity contribution in [3.8, 4) is 0 Å². The number of hydrogen-bond donors (Lipinski definition) is 2. The Morgan fingerprint density at radius 2 is 0.839 bits per heavy atom. The Kier molecular flexibility index (Phi) is 24.6. The first-order chi connectivity index (χ1) is 15.0. The van der Waals surface area contributed by atoms with E-state index >= 15 is 0 Å². The number of rotatable bonds is 25. The summed E-state index contributed by atoms with van der Waals surface area (Å²) in [7, 11) is 0. The Labute approximate surface area is 205 Å². The minimum atomic E-state index is -1.65. The molecule has 188 valence electrons. The van der Waals surface area contributed by atoms with Gasteiger partial charge in [-0.05, 0) is 15.9 Å². The SMILES string of the molecule is OCCOCCOCCOCCOCCOCCOCCOCCOC(Br)C(O)(Cl)Br. The molecule has 13 heteroatoms. The predicted octanol–water partition coefficient (Wildman–Crippen LogP) is 1.11. The average molecular weight is 607 g/mol. The molecule has 0 amide bonds. The fourth-order valence-electron chi connectivity index (χ4n) is 1.80. The van der Waals surface area contributed by atoms with Crippen molar-refractivity contribution < 1.29 is 48.1 Å². The molecule has 0 saturated heterocycles. The first-order valence-corrected chi connectivity index (χ1v) is 12.1. The van der Waals surface area contributed by atoms with Crippen LogP contribution in [0.1, 0.15) is 0 Å². The van der Waals surface area contributed by atoms with Crippen LogP contribution in [-0.2, 0) is 37.9 Å². The van der Waals surface area contributed by atoms with Crippen LogP contribution in [0.5, 0.6) is 0 Å². The molecule has 0 heterocycles. The molecule has 2 atom stereocenters. The lowest BCUT2D eigenvalue weighted by Crippen LogP contribution is -2.28. The second-order valence-electron chi connectivity index (χ2n) is 5.78. The highest BCUT2D eigenvalue weighted by molar-refractivity contribution is 9.12. The molecular weight excluding hydrogens is 571 g/mol. The van der Waals surface area contributed by atoms with Crippen LogP contribution in [0.25, 0.3) is 0 Å². The Hall–Kier alpha value is 0.850. The van der Waals surface area contributed by atoms with Gasteiger partial charge in [0.15, 0.2) is 5.01 Å². The maximum absolute atomic E-state index is 9.38. The summed E-state index contributed by atoms with van der Waals surface area (Å²) in [5.74, 6) is 0. The van der Waals surface area contributed by atoms with Gasteiger partial charge in [-0.3, -0.25) is 0 Å². The van der Waals surface area contributed by atoms with Gasteiger partial charge in [-0.25, -0.2) is 0 Å². The Balaban J connectivity index is 3.08. The van der Waals surface area contributed by atoms with E-state index in [2.05, 4.69) is 31.9 Å². The molecule has 2 unspecified atom stereocenters. The van der Waals surface area contributed by atoms with E-state index in [0.717, 1.165) is 0 Å². The van der Waals surface area contributed by atoms with Crippen LogP contribution in [0.15, 0.2) is 0 Å². The number of alkyl halides is 3. The molecule has 0 bridgehead atoms. The van der Waals surface area contributed by atoms with Gasteiger partial charge in [0, 0.05) is 0 Å². The molecule has 0 aromatic carbocycles. The highest BCUT2D eigenvalue weighted by Crippen LogP contribution is 2.30. The Bertz CT molecular complexity index is 367. The van der Waals surface area contributed by atoms with Crippen molar-refractivity contribution in [1.82, 2.24) is 0 Å². The van der Waals surface area contributed by atoms with Crippen molar-refractivity contribution in [2.45, 2.75) is 8.98 Å². The maximum atomic E-state index is 9.38. The molecule has 10 nitrogen and oxygen atoms in total. The van der Waals surface area contributed by atoms with Crippen molar-refractivity contribution in [1.29, 1.82) is 0 Å². The topological polar surface area (TPSA) is 114 Å². The first kappa shape index (κ1) is 31.9. The van der Waals surface area contributed by atoms with E-state index in [0.29, 0.717) is 92.5 Å². The van der Waals surface area contributed by atoms with Crippen molar-refractivity contribution >= 4 is 43.5 Å². The van der Waals surface area contributed by atoms with Gasteiger partial charge in [-0.2, -0.15) is 0 Å². The highest BCUT2D eigenvalue weighted by atomic mass is 79.9. The third-order valence-electron chi connectivity index (χ3n) is 3.23. The van der Waals surface area contributed by atoms with E-state index in [1.165, 1.54) is 0 Å². The van der Waals surface area contributed by atoms with E-state index in [-0.39, 0.29) is 13.2 Å². The van der Waals surface area contributed by atoms with Crippen LogP contribution in [0.3, 0.4) is 0 Å². The minimum Gasteiger partial charge on any atom is -0.394 e. The van der Waals surface area contributed by atoms with Gasteiger partial charge in [0.1, 0.15) is 0 Å². The van der Waals surface area contributed by atoms with Gasteiger partial charge in [-0.1, -0.05) is 27.5 Å². The summed E-state index contributed by atoms with van der Waals surface area (Å²) in [6, 6.07) is 0. The van der Waals surface area contributed by atoms with Crippen molar-refractivity contribution in [3.05, 3.63) is 0 Å². The molecule has 0 aliphatic rings. The van der Waals surface area contributed by atoms with Crippen LogP contribution in [0.2, 0.25) is 0 Å². The van der Waals surface area contributed by atoms with Crippen LogP contribution in [-0.4, -0.2) is 125 Å². The van der Waals surface area contributed by atoms with E-state index in [9.17, 15) is 5.11 Å².